The molecule has 2 aromatic heterocycles. The molecule has 7 heteroatoms. The van der Waals surface area contributed by atoms with Crippen LogP contribution in [0.5, 0.6) is 0 Å². The Morgan fingerprint density at radius 3 is 3.00 bits per heavy atom. The predicted molar refractivity (Wildman–Crippen MR) is 98.3 cm³/mol. The standard InChI is InChI=1S/C19H16ClN5O/c1-10-7-14-15-12(20)3-2-4-13(15)25-9-21-16(19(25)24(14)8-10)17-22-18(26-23-17)11-5-6-11/h2-4,7,9-11H,5-6,8H2,1H3/t10-/m1/s1. The van der Waals surface area contributed by atoms with Crippen LogP contribution in [0.15, 0.2) is 35.1 Å². The first-order valence-electron chi connectivity index (χ1n) is 8.90. The molecule has 1 fully saturated rings. The van der Waals surface area contributed by atoms with Gasteiger partial charge in [0.15, 0.2) is 5.69 Å². The van der Waals surface area contributed by atoms with Gasteiger partial charge >= 0.3 is 0 Å². The first-order valence-corrected chi connectivity index (χ1v) is 9.28. The van der Waals surface area contributed by atoms with Gasteiger partial charge in [-0.25, -0.2) is 4.98 Å². The molecule has 6 rings (SSSR count). The molecule has 2 aliphatic heterocycles. The van der Waals surface area contributed by atoms with E-state index in [1.807, 2.05) is 18.5 Å². The highest BCUT2D eigenvalue weighted by Crippen LogP contribution is 2.47. The van der Waals surface area contributed by atoms with Crippen LogP contribution in [0, 0.1) is 5.92 Å². The van der Waals surface area contributed by atoms with Gasteiger partial charge < -0.3 is 9.42 Å². The molecule has 1 aromatic carbocycles. The molecule has 4 heterocycles. The second kappa shape index (κ2) is 4.98. The number of hydrogen-bond donors (Lipinski definition) is 0. The number of fused-ring (bicyclic) bond motifs is 6. The molecule has 130 valence electrons. The van der Waals surface area contributed by atoms with Gasteiger partial charge in [0.1, 0.15) is 12.1 Å². The highest BCUT2D eigenvalue weighted by atomic mass is 35.5. The minimum Gasteiger partial charge on any atom is -0.339 e. The second-order valence-corrected chi connectivity index (χ2v) is 7.70. The lowest BCUT2D eigenvalue weighted by Gasteiger charge is -2.31. The van der Waals surface area contributed by atoms with E-state index in [1.54, 1.807) is 0 Å². The largest absolute Gasteiger partial charge is 0.339 e. The van der Waals surface area contributed by atoms with E-state index in [-0.39, 0.29) is 0 Å². The summed E-state index contributed by atoms with van der Waals surface area (Å²) in [5, 5.41) is 4.95. The summed E-state index contributed by atoms with van der Waals surface area (Å²) in [6.07, 6.45) is 6.36. The normalized spacial score (nSPS) is 20.6. The number of benzene rings is 1. The van der Waals surface area contributed by atoms with E-state index in [0.717, 1.165) is 58.8 Å². The summed E-state index contributed by atoms with van der Waals surface area (Å²) in [6, 6.07) is 5.98. The lowest BCUT2D eigenvalue weighted by Crippen LogP contribution is -2.27. The Balaban J connectivity index is 1.58. The van der Waals surface area contributed by atoms with Crippen LogP contribution in [0.25, 0.3) is 22.9 Å². The Kier molecular flexibility index (Phi) is 2.79. The topological polar surface area (TPSA) is 60.0 Å². The molecule has 3 aliphatic rings. The average Bonchev–Trinajstić information content (AvgIpc) is 3.05. The maximum Gasteiger partial charge on any atom is 0.230 e. The maximum atomic E-state index is 6.55. The zero-order valence-corrected chi connectivity index (χ0v) is 14.9. The number of halogens is 1. The van der Waals surface area contributed by atoms with E-state index in [0.29, 0.717) is 17.7 Å². The van der Waals surface area contributed by atoms with E-state index in [1.165, 1.54) is 0 Å². The van der Waals surface area contributed by atoms with E-state index in [9.17, 15) is 0 Å². The summed E-state index contributed by atoms with van der Waals surface area (Å²) < 4.78 is 7.54. The number of imidazole rings is 1. The number of hydrogen-bond acceptors (Lipinski definition) is 5. The fourth-order valence-corrected chi connectivity index (χ4v) is 4.21. The molecule has 0 spiro atoms. The molecule has 0 N–H and O–H groups in total. The van der Waals surface area contributed by atoms with Gasteiger partial charge in [-0.1, -0.05) is 35.8 Å². The van der Waals surface area contributed by atoms with Gasteiger partial charge in [0.2, 0.25) is 11.7 Å². The average molecular weight is 366 g/mol. The van der Waals surface area contributed by atoms with Crippen molar-refractivity contribution in [3.63, 3.8) is 0 Å². The minimum absolute atomic E-state index is 0.427. The van der Waals surface area contributed by atoms with Crippen molar-refractivity contribution in [1.29, 1.82) is 0 Å². The molecule has 1 saturated carbocycles. The molecule has 26 heavy (non-hydrogen) atoms. The molecule has 3 aromatic rings. The highest BCUT2D eigenvalue weighted by molar-refractivity contribution is 6.33. The van der Waals surface area contributed by atoms with Crippen molar-refractivity contribution < 1.29 is 4.52 Å². The first kappa shape index (κ1) is 14.6. The summed E-state index contributed by atoms with van der Waals surface area (Å²) in [7, 11) is 0. The van der Waals surface area contributed by atoms with Gasteiger partial charge in [0, 0.05) is 23.7 Å². The van der Waals surface area contributed by atoms with Crippen LogP contribution in [-0.2, 0) is 0 Å². The van der Waals surface area contributed by atoms with Crippen LogP contribution in [0.4, 0.5) is 5.82 Å². The molecular weight excluding hydrogens is 350 g/mol. The van der Waals surface area contributed by atoms with Gasteiger partial charge in [-0.15, -0.1) is 0 Å². The third-order valence-electron chi connectivity index (χ3n) is 5.29. The number of aromatic nitrogens is 4. The van der Waals surface area contributed by atoms with Gasteiger partial charge in [0.25, 0.3) is 0 Å². The van der Waals surface area contributed by atoms with Gasteiger partial charge in [-0.2, -0.15) is 4.98 Å². The molecule has 0 amide bonds. The fraction of sp³-hybridized carbons (Fsp3) is 0.316. The van der Waals surface area contributed by atoms with E-state index in [4.69, 9.17) is 16.1 Å². The Morgan fingerprint density at radius 1 is 1.27 bits per heavy atom. The number of anilines is 1. The molecule has 1 atom stereocenters. The van der Waals surface area contributed by atoms with Gasteiger partial charge in [0.05, 0.1) is 10.7 Å². The Labute approximate surface area is 155 Å². The maximum absolute atomic E-state index is 6.55. The molecule has 0 unspecified atom stereocenters. The van der Waals surface area contributed by atoms with Crippen LogP contribution in [0.3, 0.4) is 0 Å². The van der Waals surface area contributed by atoms with Crippen molar-refractivity contribution >= 4 is 23.1 Å². The van der Waals surface area contributed by atoms with Crippen LogP contribution in [0.2, 0.25) is 5.02 Å². The van der Waals surface area contributed by atoms with Crippen molar-refractivity contribution in [1.82, 2.24) is 19.7 Å². The van der Waals surface area contributed by atoms with Crippen LogP contribution >= 0.6 is 11.6 Å². The zero-order valence-electron chi connectivity index (χ0n) is 14.2. The lowest BCUT2D eigenvalue weighted by molar-refractivity contribution is 0.380. The highest BCUT2D eigenvalue weighted by Gasteiger charge is 2.37. The third-order valence-corrected chi connectivity index (χ3v) is 5.60. The van der Waals surface area contributed by atoms with E-state index >= 15 is 0 Å². The van der Waals surface area contributed by atoms with Crippen LogP contribution in [0.1, 0.15) is 37.1 Å². The summed E-state index contributed by atoms with van der Waals surface area (Å²) >= 11 is 6.55. The van der Waals surface area contributed by atoms with Crippen molar-refractivity contribution in [2.45, 2.75) is 25.7 Å². The number of nitrogens with zero attached hydrogens (tertiary/aromatic N) is 5. The molecule has 0 bridgehead atoms. The Bertz CT molecular complexity index is 1080. The minimum atomic E-state index is 0.427. The first-order chi connectivity index (χ1) is 12.7. The van der Waals surface area contributed by atoms with Gasteiger partial charge in [-0.05, 0) is 30.9 Å². The second-order valence-electron chi connectivity index (χ2n) is 7.29. The van der Waals surface area contributed by atoms with Crippen molar-refractivity contribution in [2.75, 3.05) is 11.4 Å². The molecule has 0 radical (unpaired) electrons. The zero-order chi connectivity index (χ0) is 17.4. The van der Waals surface area contributed by atoms with E-state index < -0.39 is 0 Å². The predicted octanol–water partition coefficient (Wildman–Crippen LogP) is 4.26. The lowest BCUT2D eigenvalue weighted by atomic mass is 10.1. The van der Waals surface area contributed by atoms with Crippen LogP contribution < -0.4 is 4.90 Å². The van der Waals surface area contributed by atoms with Gasteiger partial charge in [-0.3, -0.25) is 4.57 Å². The Morgan fingerprint density at radius 2 is 2.15 bits per heavy atom. The SMILES string of the molecule is C[C@@H]1C=C2c3c(Cl)cccc3-n3cnc(-c4noc(C5CC5)n4)c3N2C1. The Hall–Kier alpha value is -2.60. The third kappa shape index (κ3) is 1.90. The number of rotatable bonds is 2. The van der Waals surface area contributed by atoms with Crippen molar-refractivity contribution in [2.24, 2.45) is 5.92 Å². The molecule has 6 nitrogen and oxygen atoms in total. The fourth-order valence-electron chi connectivity index (χ4n) is 3.95. The molecule has 1 aliphatic carbocycles. The monoisotopic (exact) mass is 365 g/mol. The molecular formula is C19H16ClN5O. The van der Waals surface area contributed by atoms with E-state index in [2.05, 4.69) is 43.7 Å². The summed E-state index contributed by atoms with van der Waals surface area (Å²) in [4.78, 5) is 11.5. The van der Waals surface area contributed by atoms with Crippen LogP contribution in [-0.4, -0.2) is 26.2 Å². The quantitative estimate of drug-likeness (QED) is 0.679. The smallest absolute Gasteiger partial charge is 0.230 e. The van der Waals surface area contributed by atoms with Crippen molar-refractivity contribution in [3.8, 4) is 17.2 Å². The molecule has 0 saturated heterocycles. The summed E-state index contributed by atoms with van der Waals surface area (Å²) in [5.41, 5.74) is 3.99. The summed E-state index contributed by atoms with van der Waals surface area (Å²) in [6.45, 7) is 3.09. The summed E-state index contributed by atoms with van der Waals surface area (Å²) in [5.74, 6) is 3.13. The van der Waals surface area contributed by atoms with Crippen molar-refractivity contribution in [3.05, 3.63) is 47.1 Å².